The molecule has 0 aliphatic heterocycles. The SMILES string of the molecule is Cc1ccccc1CCN(C)C(=O)C1CC1C(=O)O. The summed E-state index contributed by atoms with van der Waals surface area (Å²) in [6, 6.07) is 8.10. The molecule has 1 saturated carbocycles. The number of carboxylic acid groups (broad SMARTS) is 1. The monoisotopic (exact) mass is 261 g/mol. The molecule has 0 radical (unpaired) electrons. The van der Waals surface area contributed by atoms with Crippen LogP contribution in [0.4, 0.5) is 0 Å². The number of carboxylic acids is 1. The number of carbonyl (C=O) groups is 2. The largest absolute Gasteiger partial charge is 0.481 e. The van der Waals surface area contributed by atoms with Crippen molar-refractivity contribution < 1.29 is 14.7 Å². The molecule has 2 rings (SSSR count). The normalized spacial score (nSPS) is 20.9. The predicted molar refractivity (Wildman–Crippen MR) is 71.8 cm³/mol. The fourth-order valence-corrected chi connectivity index (χ4v) is 2.31. The average molecular weight is 261 g/mol. The Hall–Kier alpha value is -1.84. The Labute approximate surface area is 113 Å². The van der Waals surface area contributed by atoms with E-state index in [1.807, 2.05) is 12.1 Å². The van der Waals surface area contributed by atoms with E-state index < -0.39 is 11.9 Å². The maximum Gasteiger partial charge on any atom is 0.307 e. The molecule has 1 fully saturated rings. The van der Waals surface area contributed by atoms with E-state index in [-0.39, 0.29) is 11.8 Å². The number of hydrogen-bond acceptors (Lipinski definition) is 2. The van der Waals surface area contributed by atoms with Crippen molar-refractivity contribution in [2.24, 2.45) is 11.8 Å². The second kappa shape index (κ2) is 5.43. The summed E-state index contributed by atoms with van der Waals surface area (Å²) >= 11 is 0. The van der Waals surface area contributed by atoms with Gasteiger partial charge >= 0.3 is 5.97 Å². The van der Waals surface area contributed by atoms with Crippen LogP contribution in [0, 0.1) is 18.8 Å². The molecule has 1 aliphatic rings. The molecule has 4 nitrogen and oxygen atoms in total. The maximum atomic E-state index is 12.0. The molecule has 0 heterocycles. The van der Waals surface area contributed by atoms with Gasteiger partial charge in [-0.05, 0) is 30.9 Å². The second-order valence-electron chi connectivity index (χ2n) is 5.22. The Morgan fingerprint density at radius 3 is 2.58 bits per heavy atom. The van der Waals surface area contributed by atoms with Crippen molar-refractivity contribution >= 4 is 11.9 Å². The molecule has 2 atom stereocenters. The highest BCUT2D eigenvalue weighted by Crippen LogP contribution is 2.39. The Kier molecular flexibility index (Phi) is 3.88. The first-order chi connectivity index (χ1) is 9.00. The number of carbonyl (C=O) groups excluding carboxylic acids is 1. The van der Waals surface area contributed by atoms with Gasteiger partial charge in [0.25, 0.3) is 0 Å². The summed E-state index contributed by atoms with van der Waals surface area (Å²) in [5.74, 6) is -1.67. The smallest absolute Gasteiger partial charge is 0.307 e. The van der Waals surface area contributed by atoms with E-state index in [0.29, 0.717) is 13.0 Å². The van der Waals surface area contributed by atoms with Crippen LogP contribution in [-0.4, -0.2) is 35.5 Å². The summed E-state index contributed by atoms with van der Waals surface area (Å²) in [6.45, 7) is 2.69. The molecule has 0 aromatic heterocycles. The third-order valence-corrected chi connectivity index (χ3v) is 3.78. The van der Waals surface area contributed by atoms with Gasteiger partial charge in [-0.25, -0.2) is 0 Å². The zero-order chi connectivity index (χ0) is 14.0. The molecular formula is C15H19NO3. The summed E-state index contributed by atoms with van der Waals surface area (Å²) < 4.78 is 0. The van der Waals surface area contributed by atoms with Gasteiger partial charge in [-0.3, -0.25) is 9.59 Å². The lowest BCUT2D eigenvalue weighted by atomic mass is 10.1. The number of nitrogens with zero attached hydrogens (tertiary/aromatic N) is 1. The van der Waals surface area contributed by atoms with E-state index in [2.05, 4.69) is 19.1 Å². The van der Waals surface area contributed by atoms with Crippen molar-refractivity contribution in [3.05, 3.63) is 35.4 Å². The van der Waals surface area contributed by atoms with Crippen molar-refractivity contribution in [3.8, 4) is 0 Å². The standard InChI is InChI=1S/C15H19NO3/c1-10-5-3-4-6-11(10)7-8-16(2)14(17)12-9-13(12)15(18)19/h3-6,12-13H,7-9H2,1-2H3,(H,18,19). The molecule has 1 aromatic rings. The Morgan fingerprint density at radius 1 is 1.32 bits per heavy atom. The number of aliphatic carboxylic acids is 1. The Morgan fingerprint density at radius 2 is 2.00 bits per heavy atom. The van der Waals surface area contributed by atoms with Gasteiger partial charge in [-0.2, -0.15) is 0 Å². The number of hydrogen-bond donors (Lipinski definition) is 1. The highest BCUT2D eigenvalue weighted by atomic mass is 16.4. The summed E-state index contributed by atoms with van der Waals surface area (Å²) in [6.07, 6.45) is 1.29. The summed E-state index contributed by atoms with van der Waals surface area (Å²) in [5.41, 5.74) is 2.45. The number of aryl methyl sites for hydroxylation is 1. The summed E-state index contributed by atoms with van der Waals surface area (Å²) in [7, 11) is 1.75. The van der Waals surface area contributed by atoms with Gasteiger partial charge in [0.2, 0.25) is 5.91 Å². The molecule has 0 bridgehead atoms. The first-order valence-electron chi connectivity index (χ1n) is 6.53. The first kappa shape index (κ1) is 13.6. The highest BCUT2D eigenvalue weighted by molar-refractivity contribution is 5.89. The van der Waals surface area contributed by atoms with Gasteiger partial charge in [0, 0.05) is 13.6 Å². The van der Waals surface area contributed by atoms with Crippen molar-refractivity contribution in [2.45, 2.75) is 19.8 Å². The molecule has 1 aliphatic carbocycles. The minimum Gasteiger partial charge on any atom is -0.481 e. The van der Waals surface area contributed by atoms with Crippen LogP contribution in [0.15, 0.2) is 24.3 Å². The quantitative estimate of drug-likeness (QED) is 0.878. The maximum absolute atomic E-state index is 12.0. The van der Waals surface area contributed by atoms with Gasteiger partial charge in [-0.15, -0.1) is 0 Å². The van der Waals surface area contributed by atoms with Crippen molar-refractivity contribution in [1.29, 1.82) is 0 Å². The second-order valence-corrected chi connectivity index (χ2v) is 5.22. The summed E-state index contributed by atoms with van der Waals surface area (Å²) in [5, 5.41) is 8.83. The molecule has 102 valence electrons. The third kappa shape index (κ3) is 3.13. The summed E-state index contributed by atoms with van der Waals surface area (Å²) in [4.78, 5) is 24.4. The fourth-order valence-electron chi connectivity index (χ4n) is 2.31. The Balaban J connectivity index is 1.85. The van der Waals surface area contributed by atoms with Crippen LogP contribution in [0.5, 0.6) is 0 Å². The van der Waals surface area contributed by atoms with Crippen molar-refractivity contribution in [2.75, 3.05) is 13.6 Å². The van der Waals surface area contributed by atoms with E-state index in [4.69, 9.17) is 5.11 Å². The van der Waals surface area contributed by atoms with Crippen LogP contribution in [0.1, 0.15) is 17.5 Å². The topological polar surface area (TPSA) is 57.6 Å². The molecule has 0 saturated heterocycles. The third-order valence-electron chi connectivity index (χ3n) is 3.78. The molecule has 1 aromatic carbocycles. The first-order valence-corrected chi connectivity index (χ1v) is 6.53. The van der Waals surface area contributed by atoms with Gasteiger partial charge < -0.3 is 10.0 Å². The van der Waals surface area contributed by atoms with Gasteiger partial charge in [-0.1, -0.05) is 24.3 Å². The lowest BCUT2D eigenvalue weighted by molar-refractivity contribution is -0.141. The zero-order valence-corrected chi connectivity index (χ0v) is 11.3. The van der Waals surface area contributed by atoms with Crippen LogP contribution in [0.3, 0.4) is 0 Å². The molecule has 0 spiro atoms. The van der Waals surface area contributed by atoms with Crippen LogP contribution < -0.4 is 0 Å². The van der Waals surface area contributed by atoms with Crippen LogP contribution in [-0.2, 0) is 16.0 Å². The number of likely N-dealkylation sites (N-methyl/N-ethyl adjacent to an activating group) is 1. The van der Waals surface area contributed by atoms with Crippen LogP contribution in [0.2, 0.25) is 0 Å². The molecule has 2 unspecified atom stereocenters. The van der Waals surface area contributed by atoms with Crippen molar-refractivity contribution in [3.63, 3.8) is 0 Å². The van der Waals surface area contributed by atoms with E-state index in [1.54, 1.807) is 11.9 Å². The number of amides is 1. The minimum absolute atomic E-state index is 0.0408. The van der Waals surface area contributed by atoms with Crippen molar-refractivity contribution in [1.82, 2.24) is 4.90 Å². The van der Waals surface area contributed by atoms with E-state index in [9.17, 15) is 9.59 Å². The minimum atomic E-state index is -0.856. The molecular weight excluding hydrogens is 242 g/mol. The fraction of sp³-hybridized carbons (Fsp3) is 0.467. The van der Waals surface area contributed by atoms with E-state index in [0.717, 1.165) is 6.42 Å². The lowest BCUT2D eigenvalue weighted by Crippen LogP contribution is -2.31. The molecule has 19 heavy (non-hydrogen) atoms. The zero-order valence-electron chi connectivity index (χ0n) is 11.3. The van der Waals surface area contributed by atoms with E-state index >= 15 is 0 Å². The van der Waals surface area contributed by atoms with Gasteiger partial charge in [0.05, 0.1) is 11.8 Å². The average Bonchev–Trinajstić information content (AvgIpc) is 3.17. The van der Waals surface area contributed by atoms with Crippen LogP contribution in [0.25, 0.3) is 0 Å². The molecule has 1 amide bonds. The van der Waals surface area contributed by atoms with Crippen LogP contribution >= 0.6 is 0 Å². The van der Waals surface area contributed by atoms with E-state index in [1.165, 1.54) is 11.1 Å². The molecule has 4 heteroatoms. The number of benzene rings is 1. The highest BCUT2D eigenvalue weighted by Gasteiger charge is 2.49. The predicted octanol–water partition coefficient (Wildman–Crippen LogP) is 1.72. The van der Waals surface area contributed by atoms with Gasteiger partial charge in [0.15, 0.2) is 0 Å². The Bertz CT molecular complexity index is 498. The lowest BCUT2D eigenvalue weighted by Gasteiger charge is -2.17. The molecule has 1 N–H and O–H groups in total. The number of rotatable bonds is 5. The van der Waals surface area contributed by atoms with Gasteiger partial charge in [0.1, 0.15) is 0 Å².